The summed E-state index contributed by atoms with van der Waals surface area (Å²) in [6, 6.07) is 1.50. The van der Waals surface area contributed by atoms with Crippen LogP contribution in [0.3, 0.4) is 0 Å². The second-order valence-corrected chi connectivity index (χ2v) is 6.61. The van der Waals surface area contributed by atoms with Gasteiger partial charge in [-0.3, -0.25) is 9.40 Å². The van der Waals surface area contributed by atoms with Crippen molar-refractivity contribution in [3.8, 4) is 0 Å². The van der Waals surface area contributed by atoms with Gasteiger partial charge in [0, 0.05) is 30.5 Å². The molecule has 0 aromatic carbocycles. The van der Waals surface area contributed by atoms with Gasteiger partial charge < -0.3 is 5.32 Å². The molecule has 0 saturated heterocycles. The summed E-state index contributed by atoms with van der Waals surface area (Å²) in [5.74, 6) is 0.312. The molecular formula is C11H14BrN5O2S. The van der Waals surface area contributed by atoms with Crippen LogP contribution in [0.15, 0.2) is 34.0 Å². The summed E-state index contributed by atoms with van der Waals surface area (Å²) < 4.78 is 29.4. The first-order chi connectivity index (χ1) is 9.42. The Morgan fingerprint density at radius 2 is 2.15 bits per heavy atom. The third-order valence-electron chi connectivity index (χ3n) is 2.41. The Kier molecular flexibility index (Phi) is 4.29. The highest BCUT2D eigenvalue weighted by molar-refractivity contribution is 9.10. The molecule has 7 nitrogen and oxygen atoms in total. The van der Waals surface area contributed by atoms with Gasteiger partial charge in [-0.05, 0) is 28.9 Å². The maximum Gasteiger partial charge on any atom is 0.265 e. The summed E-state index contributed by atoms with van der Waals surface area (Å²) in [6.45, 7) is 2.44. The molecule has 2 rings (SSSR count). The lowest BCUT2D eigenvalue weighted by atomic mass is 10.4. The summed E-state index contributed by atoms with van der Waals surface area (Å²) in [7, 11) is -2.02. The molecule has 108 valence electrons. The average Bonchev–Trinajstić information content (AvgIpc) is 2.76. The SMILES string of the molecule is CCNc1ncc(Br)cc1S(=O)(=O)Nc1cnn(C)c1. The van der Waals surface area contributed by atoms with Crippen molar-refractivity contribution < 1.29 is 8.42 Å². The first kappa shape index (κ1) is 14.8. The van der Waals surface area contributed by atoms with Crippen LogP contribution in [0, 0.1) is 0 Å². The molecule has 0 radical (unpaired) electrons. The third-order valence-corrected chi connectivity index (χ3v) is 4.24. The topological polar surface area (TPSA) is 88.9 Å². The fourth-order valence-electron chi connectivity index (χ4n) is 1.61. The molecule has 0 spiro atoms. The van der Waals surface area contributed by atoms with Crippen molar-refractivity contribution >= 4 is 37.5 Å². The van der Waals surface area contributed by atoms with Crippen LogP contribution in [0.2, 0.25) is 0 Å². The Bertz CT molecular complexity index is 713. The lowest BCUT2D eigenvalue weighted by molar-refractivity contribution is 0.601. The molecule has 2 heterocycles. The molecule has 0 unspecified atom stereocenters. The smallest absolute Gasteiger partial charge is 0.265 e. The Balaban J connectivity index is 2.40. The predicted octanol–water partition coefficient (Wildman–Crippen LogP) is 1.81. The number of nitrogens with one attached hydrogen (secondary N) is 2. The molecular weight excluding hydrogens is 346 g/mol. The Morgan fingerprint density at radius 3 is 2.75 bits per heavy atom. The van der Waals surface area contributed by atoms with E-state index in [1.54, 1.807) is 19.4 Å². The third kappa shape index (κ3) is 3.28. The first-order valence-corrected chi connectivity index (χ1v) is 8.11. The number of aromatic nitrogens is 3. The number of hydrogen-bond donors (Lipinski definition) is 2. The highest BCUT2D eigenvalue weighted by Crippen LogP contribution is 2.24. The highest BCUT2D eigenvalue weighted by Gasteiger charge is 2.20. The van der Waals surface area contributed by atoms with Crippen LogP contribution >= 0.6 is 15.9 Å². The van der Waals surface area contributed by atoms with E-state index in [9.17, 15) is 8.42 Å². The minimum Gasteiger partial charge on any atom is -0.369 e. The van der Waals surface area contributed by atoms with Gasteiger partial charge in [0.15, 0.2) is 0 Å². The van der Waals surface area contributed by atoms with Crippen molar-refractivity contribution in [2.75, 3.05) is 16.6 Å². The first-order valence-electron chi connectivity index (χ1n) is 5.83. The van der Waals surface area contributed by atoms with Crippen molar-refractivity contribution in [1.82, 2.24) is 14.8 Å². The number of halogens is 1. The molecule has 0 aliphatic carbocycles. The van der Waals surface area contributed by atoms with Crippen molar-refractivity contribution in [3.63, 3.8) is 0 Å². The van der Waals surface area contributed by atoms with Gasteiger partial charge in [-0.15, -0.1) is 0 Å². The van der Waals surface area contributed by atoms with Gasteiger partial charge in [0.2, 0.25) is 0 Å². The van der Waals surface area contributed by atoms with Crippen LogP contribution in [-0.2, 0) is 17.1 Å². The molecule has 2 N–H and O–H groups in total. The standard InChI is InChI=1S/C11H14BrN5O2S/c1-3-13-11-10(4-8(12)5-14-11)20(18,19)16-9-6-15-17(2)7-9/h4-7,16H,3H2,1-2H3,(H,13,14). The van der Waals surface area contributed by atoms with Crippen LogP contribution < -0.4 is 10.0 Å². The number of aryl methyl sites for hydroxylation is 1. The molecule has 0 amide bonds. The number of sulfonamides is 1. The molecule has 20 heavy (non-hydrogen) atoms. The summed E-state index contributed by atoms with van der Waals surface area (Å²) >= 11 is 3.23. The predicted molar refractivity (Wildman–Crippen MR) is 80.1 cm³/mol. The highest BCUT2D eigenvalue weighted by atomic mass is 79.9. The molecule has 0 aliphatic heterocycles. The van der Waals surface area contributed by atoms with E-state index in [2.05, 4.69) is 36.1 Å². The maximum absolute atomic E-state index is 12.4. The van der Waals surface area contributed by atoms with E-state index in [0.29, 0.717) is 22.5 Å². The van der Waals surface area contributed by atoms with E-state index in [1.807, 2.05) is 6.92 Å². The number of rotatable bonds is 5. The van der Waals surface area contributed by atoms with Gasteiger partial charge in [-0.1, -0.05) is 0 Å². The molecule has 0 bridgehead atoms. The number of hydrogen-bond acceptors (Lipinski definition) is 5. The Labute approximate surface area is 125 Å². The fraction of sp³-hybridized carbons (Fsp3) is 0.273. The van der Waals surface area contributed by atoms with E-state index < -0.39 is 10.0 Å². The van der Waals surface area contributed by atoms with Crippen molar-refractivity contribution in [1.29, 1.82) is 0 Å². The molecule has 9 heteroatoms. The minimum atomic E-state index is -3.73. The van der Waals surface area contributed by atoms with Crippen LogP contribution in [0.25, 0.3) is 0 Å². The lowest BCUT2D eigenvalue weighted by Gasteiger charge is -2.11. The quantitative estimate of drug-likeness (QED) is 0.849. The summed E-state index contributed by atoms with van der Waals surface area (Å²) in [5, 5.41) is 6.85. The van der Waals surface area contributed by atoms with Gasteiger partial charge >= 0.3 is 0 Å². The fourth-order valence-corrected chi connectivity index (χ4v) is 3.28. The van der Waals surface area contributed by atoms with Crippen molar-refractivity contribution in [2.45, 2.75) is 11.8 Å². The van der Waals surface area contributed by atoms with Crippen LogP contribution in [-0.4, -0.2) is 29.7 Å². The van der Waals surface area contributed by atoms with Gasteiger partial charge in [-0.25, -0.2) is 13.4 Å². The Morgan fingerprint density at radius 1 is 1.40 bits per heavy atom. The zero-order chi connectivity index (χ0) is 14.8. The molecule has 2 aromatic rings. The van der Waals surface area contributed by atoms with E-state index in [-0.39, 0.29) is 4.90 Å². The monoisotopic (exact) mass is 359 g/mol. The number of anilines is 2. The van der Waals surface area contributed by atoms with Gasteiger partial charge in [0.1, 0.15) is 10.7 Å². The molecule has 2 aromatic heterocycles. The molecule has 0 saturated carbocycles. The second-order valence-electron chi connectivity index (χ2n) is 4.04. The average molecular weight is 360 g/mol. The summed E-state index contributed by atoms with van der Waals surface area (Å²) in [5.41, 5.74) is 0.398. The molecule has 0 aliphatic rings. The maximum atomic E-state index is 12.4. The number of nitrogens with zero attached hydrogens (tertiary/aromatic N) is 3. The van der Waals surface area contributed by atoms with E-state index in [4.69, 9.17) is 0 Å². The largest absolute Gasteiger partial charge is 0.369 e. The van der Waals surface area contributed by atoms with Crippen LogP contribution in [0.5, 0.6) is 0 Å². The van der Waals surface area contributed by atoms with Crippen molar-refractivity contribution in [2.24, 2.45) is 7.05 Å². The zero-order valence-corrected chi connectivity index (χ0v) is 13.4. The Hall–Kier alpha value is -1.61. The lowest BCUT2D eigenvalue weighted by Crippen LogP contribution is -2.16. The minimum absolute atomic E-state index is 0.0811. The van der Waals surface area contributed by atoms with E-state index >= 15 is 0 Å². The molecule has 0 fully saturated rings. The van der Waals surface area contributed by atoms with Gasteiger partial charge in [0.25, 0.3) is 10.0 Å². The van der Waals surface area contributed by atoms with Crippen molar-refractivity contribution in [3.05, 3.63) is 29.1 Å². The van der Waals surface area contributed by atoms with E-state index in [0.717, 1.165) is 0 Å². The molecule has 0 atom stereocenters. The number of pyridine rings is 1. The summed E-state index contributed by atoms with van der Waals surface area (Å²) in [4.78, 5) is 4.16. The van der Waals surface area contributed by atoms with Crippen LogP contribution in [0.1, 0.15) is 6.92 Å². The van der Waals surface area contributed by atoms with Gasteiger partial charge in [-0.2, -0.15) is 5.10 Å². The zero-order valence-electron chi connectivity index (χ0n) is 11.0. The second kappa shape index (κ2) is 5.80. The summed E-state index contributed by atoms with van der Waals surface area (Å²) in [6.07, 6.45) is 4.56. The van der Waals surface area contributed by atoms with E-state index in [1.165, 1.54) is 16.9 Å². The normalized spacial score (nSPS) is 11.3. The van der Waals surface area contributed by atoms with Gasteiger partial charge in [0.05, 0.1) is 11.9 Å². The van der Waals surface area contributed by atoms with Crippen LogP contribution in [0.4, 0.5) is 11.5 Å².